The number of carbonyl (C=O) groups is 3. The minimum Gasteiger partial charge on any atom is -0.398 e. The van der Waals surface area contributed by atoms with Crippen LogP contribution in [0, 0.1) is 0 Å². The molecular weight excluding hydrogens is 538 g/mol. The molecule has 1 saturated heterocycles. The number of aryl methyl sites for hydroxylation is 1. The number of amides is 3. The van der Waals surface area contributed by atoms with Crippen molar-refractivity contribution in [2.45, 2.75) is 17.2 Å². The minimum absolute atomic E-state index is 0.0173. The zero-order valence-electron chi connectivity index (χ0n) is 17.3. The molecule has 0 radical (unpaired) electrons. The van der Waals surface area contributed by atoms with Gasteiger partial charge in [-0.15, -0.1) is 28.0 Å². The highest BCUT2D eigenvalue weighted by Crippen LogP contribution is 2.29. The van der Waals surface area contributed by atoms with Crippen molar-refractivity contribution in [3.8, 4) is 0 Å². The number of thioether (sulfide) groups is 1. The number of aromatic nitrogens is 5. The molecular formula is C14H16ClN9O7S3. The predicted molar refractivity (Wildman–Crippen MR) is 119 cm³/mol. The Kier molecular flexibility index (Phi) is 8.02. The van der Waals surface area contributed by atoms with Gasteiger partial charge in [0.15, 0.2) is 10.8 Å². The van der Waals surface area contributed by atoms with Crippen LogP contribution in [-0.2, 0) is 36.6 Å². The van der Waals surface area contributed by atoms with E-state index in [1.165, 1.54) is 17.2 Å². The molecule has 0 saturated carbocycles. The molecule has 2 aromatic rings. The van der Waals surface area contributed by atoms with Crippen LogP contribution in [0.3, 0.4) is 0 Å². The smallest absolute Gasteiger partial charge is 0.362 e. The Balaban J connectivity index is 1.78. The van der Waals surface area contributed by atoms with Crippen molar-refractivity contribution in [1.82, 2.24) is 34.8 Å². The Hall–Kier alpha value is -2.87. The summed E-state index contributed by atoms with van der Waals surface area (Å²) in [6.07, 6.45) is 0. The molecule has 0 bridgehead atoms. The van der Waals surface area contributed by atoms with E-state index in [1.54, 1.807) is 7.05 Å². The van der Waals surface area contributed by atoms with Crippen LogP contribution in [0.5, 0.6) is 0 Å². The molecule has 20 heteroatoms. The molecule has 1 fully saturated rings. The van der Waals surface area contributed by atoms with Gasteiger partial charge in [-0.05, 0) is 10.4 Å². The van der Waals surface area contributed by atoms with Crippen LogP contribution in [-0.4, -0.2) is 96.7 Å². The Morgan fingerprint density at radius 2 is 2.18 bits per heavy atom. The number of anilines is 1. The zero-order chi connectivity index (χ0) is 25.0. The van der Waals surface area contributed by atoms with Gasteiger partial charge in [0.25, 0.3) is 11.8 Å². The summed E-state index contributed by atoms with van der Waals surface area (Å²) in [6.45, 7) is 0. The van der Waals surface area contributed by atoms with Gasteiger partial charge in [0, 0.05) is 18.2 Å². The number of hydrogen-bond acceptors (Lipinski definition) is 13. The zero-order valence-corrected chi connectivity index (χ0v) is 20.5. The van der Waals surface area contributed by atoms with Gasteiger partial charge in [0.2, 0.25) is 11.1 Å². The summed E-state index contributed by atoms with van der Waals surface area (Å²) in [5.41, 5.74) is -0.323. The van der Waals surface area contributed by atoms with E-state index in [4.69, 9.17) is 11.6 Å². The van der Waals surface area contributed by atoms with Crippen LogP contribution in [0.1, 0.15) is 5.69 Å². The topological polar surface area (TPSA) is 211 Å². The Morgan fingerprint density at radius 1 is 1.44 bits per heavy atom. The maximum atomic E-state index is 12.9. The van der Waals surface area contributed by atoms with Crippen LogP contribution in [0.25, 0.3) is 0 Å². The number of nitrogens with one attached hydrogen (secondary N) is 2. The predicted octanol–water partition coefficient (Wildman–Crippen LogP) is -1.51. The molecule has 2 atom stereocenters. The summed E-state index contributed by atoms with van der Waals surface area (Å²) in [5, 5.41) is 21.1. The van der Waals surface area contributed by atoms with Crippen LogP contribution in [0.15, 0.2) is 15.7 Å². The molecule has 1 aliphatic rings. The SMILES string of the molecule is CON=C(C(=O)N[C@@H]1C(=O)N(S(=O)(=O)O)[C@@H]1CSc1nnnn1C)c1csc(NC(=O)CCl)n1. The van der Waals surface area contributed by atoms with Crippen molar-refractivity contribution in [2.75, 3.05) is 24.1 Å². The molecule has 3 N–H and O–H groups in total. The fourth-order valence-corrected chi connectivity index (χ4v) is 5.46. The highest BCUT2D eigenvalue weighted by atomic mass is 35.5. The lowest BCUT2D eigenvalue weighted by Gasteiger charge is -2.43. The lowest BCUT2D eigenvalue weighted by molar-refractivity contribution is -0.143. The molecule has 3 heterocycles. The first-order valence-electron chi connectivity index (χ1n) is 8.96. The second kappa shape index (κ2) is 10.6. The van der Waals surface area contributed by atoms with Crippen molar-refractivity contribution >= 4 is 73.6 Å². The first-order chi connectivity index (χ1) is 16.1. The summed E-state index contributed by atoms with van der Waals surface area (Å²) in [4.78, 5) is 45.5. The van der Waals surface area contributed by atoms with Gasteiger partial charge in [0.1, 0.15) is 24.7 Å². The molecule has 3 amide bonds. The lowest BCUT2D eigenvalue weighted by atomic mass is 10.0. The van der Waals surface area contributed by atoms with Crippen molar-refractivity contribution in [3.63, 3.8) is 0 Å². The summed E-state index contributed by atoms with van der Waals surface area (Å²) in [5.74, 6) is -2.85. The van der Waals surface area contributed by atoms with E-state index in [9.17, 15) is 27.4 Å². The molecule has 1 aliphatic heterocycles. The Bertz CT molecular complexity index is 1230. The van der Waals surface area contributed by atoms with Gasteiger partial charge < -0.3 is 15.5 Å². The summed E-state index contributed by atoms with van der Waals surface area (Å²) < 4.78 is 34.3. The Labute approximate surface area is 204 Å². The number of halogens is 1. The normalized spacial score (nSPS) is 18.4. The molecule has 0 aromatic carbocycles. The van der Waals surface area contributed by atoms with Crippen molar-refractivity contribution in [2.24, 2.45) is 12.2 Å². The number of tetrazole rings is 1. The van der Waals surface area contributed by atoms with E-state index in [2.05, 4.69) is 41.1 Å². The quantitative estimate of drug-likeness (QED) is 0.0764. The first-order valence-corrected chi connectivity index (χ1v) is 12.8. The van der Waals surface area contributed by atoms with Gasteiger partial charge >= 0.3 is 10.3 Å². The van der Waals surface area contributed by atoms with E-state index in [0.29, 0.717) is 5.16 Å². The average Bonchev–Trinajstić information content (AvgIpc) is 3.40. The van der Waals surface area contributed by atoms with E-state index < -0.39 is 40.1 Å². The van der Waals surface area contributed by atoms with Crippen LogP contribution in [0.4, 0.5) is 5.13 Å². The van der Waals surface area contributed by atoms with E-state index >= 15 is 0 Å². The third-order valence-electron chi connectivity index (χ3n) is 4.18. The van der Waals surface area contributed by atoms with Gasteiger partial charge in [-0.3, -0.25) is 18.9 Å². The second-order valence-electron chi connectivity index (χ2n) is 6.37. The standard InChI is InChI=1S/C14H16ClN9O7S3/c1-23-14(19-21-22-23)33-5-7-10(12(27)24(7)34(28,29)30)18-11(26)9(20-31-2)6-4-32-13(16-6)17-8(25)3-15/h4,7,10H,3,5H2,1-2H3,(H,18,26)(H,16,17,25)(H,28,29,30)/t7-,10+/m1/s1. The fourth-order valence-electron chi connectivity index (χ4n) is 2.73. The van der Waals surface area contributed by atoms with E-state index in [0.717, 1.165) is 23.1 Å². The molecule has 0 aliphatic carbocycles. The van der Waals surface area contributed by atoms with Crippen LogP contribution < -0.4 is 10.6 Å². The van der Waals surface area contributed by atoms with E-state index in [1.807, 2.05) is 0 Å². The number of nitrogens with zero attached hydrogens (tertiary/aromatic N) is 7. The van der Waals surface area contributed by atoms with Crippen molar-refractivity contribution in [3.05, 3.63) is 11.1 Å². The van der Waals surface area contributed by atoms with E-state index in [-0.39, 0.29) is 32.5 Å². The third-order valence-corrected chi connectivity index (χ3v) is 7.24. The summed E-state index contributed by atoms with van der Waals surface area (Å²) in [6, 6.07) is -2.47. The van der Waals surface area contributed by atoms with Crippen molar-refractivity contribution < 1.29 is 32.2 Å². The lowest BCUT2D eigenvalue weighted by Crippen LogP contribution is -2.73. The highest BCUT2D eigenvalue weighted by Gasteiger charge is 2.54. The van der Waals surface area contributed by atoms with Gasteiger partial charge in [-0.2, -0.15) is 8.42 Å². The summed E-state index contributed by atoms with van der Waals surface area (Å²) in [7, 11) is -2.15. The number of oxime groups is 1. The fraction of sp³-hybridized carbons (Fsp3) is 0.429. The number of rotatable bonds is 10. The monoisotopic (exact) mass is 553 g/mol. The highest BCUT2D eigenvalue weighted by molar-refractivity contribution is 7.99. The number of thiazole rings is 1. The summed E-state index contributed by atoms with van der Waals surface area (Å²) >= 11 is 7.43. The molecule has 0 unspecified atom stereocenters. The number of carbonyl (C=O) groups excluding carboxylic acids is 3. The number of alkyl halides is 1. The third kappa shape index (κ3) is 5.60. The van der Waals surface area contributed by atoms with Gasteiger partial charge in [-0.1, -0.05) is 16.9 Å². The number of hydrogen-bond donors (Lipinski definition) is 3. The maximum Gasteiger partial charge on any atom is 0.362 e. The largest absolute Gasteiger partial charge is 0.398 e. The van der Waals surface area contributed by atoms with Gasteiger partial charge in [0.05, 0.1) is 6.04 Å². The minimum atomic E-state index is -4.88. The van der Waals surface area contributed by atoms with Crippen molar-refractivity contribution in [1.29, 1.82) is 0 Å². The molecule has 3 rings (SSSR count). The first kappa shape index (κ1) is 25.7. The average molecular weight is 554 g/mol. The Morgan fingerprint density at radius 3 is 2.76 bits per heavy atom. The molecule has 0 spiro atoms. The maximum absolute atomic E-state index is 12.9. The molecule has 16 nitrogen and oxygen atoms in total. The van der Waals surface area contributed by atoms with Gasteiger partial charge in [-0.25, -0.2) is 14.0 Å². The molecule has 184 valence electrons. The molecule has 2 aromatic heterocycles. The molecule has 34 heavy (non-hydrogen) atoms. The van der Waals surface area contributed by atoms with Crippen LogP contribution >= 0.6 is 34.7 Å². The number of β-lactam (4-membered cyclic amide) rings is 1. The van der Waals surface area contributed by atoms with Crippen LogP contribution in [0.2, 0.25) is 0 Å². The second-order valence-corrected chi connectivity index (χ2v) is 9.77.